The zero-order valence-corrected chi connectivity index (χ0v) is 13.9. The predicted molar refractivity (Wildman–Crippen MR) is 94.7 cm³/mol. The SMILES string of the molecule is CC(C)CCOc1nc2cccnc2nc1C#Cc1ccccc1. The van der Waals surface area contributed by atoms with Crippen LogP contribution in [-0.4, -0.2) is 21.6 Å². The smallest absolute Gasteiger partial charge is 0.249 e. The molecule has 120 valence electrons. The third-order valence-corrected chi connectivity index (χ3v) is 3.44. The van der Waals surface area contributed by atoms with Gasteiger partial charge in [-0.05, 0) is 42.5 Å². The van der Waals surface area contributed by atoms with Crippen molar-refractivity contribution in [1.29, 1.82) is 0 Å². The highest BCUT2D eigenvalue weighted by Crippen LogP contribution is 2.17. The van der Waals surface area contributed by atoms with Crippen LogP contribution in [-0.2, 0) is 0 Å². The lowest BCUT2D eigenvalue weighted by Crippen LogP contribution is -2.06. The maximum absolute atomic E-state index is 5.84. The maximum atomic E-state index is 5.84. The summed E-state index contributed by atoms with van der Waals surface area (Å²) in [5.41, 5.74) is 2.73. The van der Waals surface area contributed by atoms with Crippen LogP contribution in [0, 0.1) is 17.8 Å². The lowest BCUT2D eigenvalue weighted by molar-refractivity contribution is 0.278. The van der Waals surface area contributed by atoms with Crippen LogP contribution >= 0.6 is 0 Å². The molecule has 24 heavy (non-hydrogen) atoms. The summed E-state index contributed by atoms with van der Waals surface area (Å²) in [6.07, 6.45) is 2.66. The van der Waals surface area contributed by atoms with Gasteiger partial charge >= 0.3 is 0 Å². The summed E-state index contributed by atoms with van der Waals surface area (Å²) in [5, 5.41) is 0. The lowest BCUT2D eigenvalue weighted by Gasteiger charge is -2.09. The number of hydrogen-bond donors (Lipinski definition) is 0. The molecule has 0 saturated heterocycles. The molecule has 0 unspecified atom stereocenters. The second-order valence-electron chi connectivity index (χ2n) is 5.87. The molecule has 1 aromatic carbocycles. The molecule has 3 rings (SSSR count). The van der Waals surface area contributed by atoms with Gasteiger partial charge in [-0.1, -0.05) is 38.0 Å². The summed E-state index contributed by atoms with van der Waals surface area (Å²) in [5.74, 6) is 7.22. The fraction of sp³-hybridized carbons (Fsp3) is 0.250. The van der Waals surface area contributed by atoms with Gasteiger partial charge in [0.15, 0.2) is 11.3 Å². The molecule has 3 aromatic rings. The van der Waals surface area contributed by atoms with Crippen LogP contribution < -0.4 is 4.74 Å². The van der Waals surface area contributed by atoms with E-state index in [0.29, 0.717) is 35.3 Å². The van der Waals surface area contributed by atoms with Crippen molar-refractivity contribution in [2.45, 2.75) is 20.3 Å². The Morgan fingerprint density at radius 3 is 2.62 bits per heavy atom. The Kier molecular flexibility index (Phi) is 5.02. The number of fused-ring (bicyclic) bond motifs is 1. The van der Waals surface area contributed by atoms with Gasteiger partial charge in [0.25, 0.3) is 0 Å². The van der Waals surface area contributed by atoms with Crippen LogP contribution in [0.15, 0.2) is 48.7 Å². The first-order chi connectivity index (χ1) is 11.7. The molecule has 0 atom stereocenters. The highest BCUT2D eigenvalue weighted by Gasteiger charge is 2.09. The molecular formula is C20H19N3O. The Morgan fingerprint density at radius 2 is 1.83 bits per heavy atom. The second kappa shape index (κ2) is 7.56. The third-order valence-electron chi connectivity index (χ3n) is 3.44. The number of nitrogens with zero attached hydrogens (tertiary/aromatic N) is 3. The summed E-state index contributed by atoms with van der Waals surface area (Å²) in [6, 6.07) is 13.5. The Morgan fingerprint density at radius 1 is 1.00 bits per heavy atom. The van der Waals surface area contributed by atoms with E-state index in [9.17, 15) is 0 Å². The average Bonchev–Trinajstić information content (AvgIpc) is 2.60. The van der Waals surface area contributed by atoms with E-state index in [0.717, 1.165) is 12.0 Å². The van der Waals surface area contributed by atoms with E-state index in [1.165, 1.54) is 0 Å². The van der Waals surface area contributed by atoms with Gasteiger partial charge in [0.05, 0.1) is 6.61 Å². The van der Waals surface area contributed by atoms with E-state index >= 15 is 0 Å². The average molecular weight is 317 g/mol. The summed E-state index contributed by atoms with van der Waals surface area (Å²) >= 11 is 0. The topological polar surface area (TPSA) is 47.9 Å². The molecule has 0 N–H and O–H groups in total. The minimum atomic E-state index is 0.472. The van der Waals surface area contributed by atoms with E-state index in [-0.39, 0.29) is 0 Å². The van der Waals surface area contributed by atoms with Gasteiger partial charge in [0.2, 0.25) is 5.88 Å². The number of rotatable bonds is 4. The maximum Gasteiger partial charge on any atom is 0.249 e. The second-order valence-corrected chi connectivity index (χ2v) is 5.87. The van der Waals surface area contributed by atoms with Gasteiger partial charge in [-0.15, -0.1) is 0 Å². The normalized spacial score (nSPS) is 10.5. The minimum absolute atomic E-state index is 0.472. The first-order valence-corrected chi connectivity index (χ1v) is 8.05. The van der Waals surface area contributed by atoms with Crippen molar-refractivity contribution in [2.24, 2.45) is 5.92 Å². The van der Waals surface area contributed by atoms with Crippen molar-refractivity contribution in [3.05, 3.63) is 59.9 Å². The highest BCUT2D eigenvalue weighted by molar-refractivity contribution is 5.71. The summed E-state index contributed by atoms with van der Waals surface area (Å²) < 4.78 is 5.84. The van der Waals surface area contributed by atoms with E-state index in [4.69, 9.17) is 4.74 Å². The van der Waals surface area contributed by atoms with Crippen LogP contribution in [0.2, 0.25) is 0 Å². The minimum Gasteiger partial charge on any atom is -0.476 e. The van der Waals surface area contributed by atoms with Gasteiger partial charge in [-0.25, -0.2) is 15.0 Å². The van der Waals surface area contributed by atoms with Crippen molar-refractivity contribution in [3.8, 4) is 17.7 Å². The summed E-state index contributed by atoms with van der Waals surface area (Å²) in [7, 11) is 0. The number of ether oxygens (including phenoxy) is 1. The Labute approximate surface area is 141 Å². The largest absolute Gasteiger partial charge is 0.476 e. The van der Waals surface area contributed by atoms with Crippen LogP contribution in [0.4, 0.5) is 0 Å². The molecule has 0 fully saturated rings. The number of benzene rings is 1. The van der Waals surface area contributed by atoms with Crippen molar-refractivity contribution < 1.29 is 4.74 Å². The quantitative estimate of drug-likeness (QED) is 0.686. The lowest BCUT2D eigenvalue weighted by atomic mass is 10.1. The Hall–Kier alpha value is -2.93. The van der Waals surface area contributed by atoms with Crippen molar-refractivity contribution in [2.75, 3.05) is 6.61 Å². The molecule has 0 aliphatic heterocycles. The zero-order chi connectivity index (χ0) is 16.8. The van der Waals surface area contributed by atoms with Crippen LogP contribution in [0.1, 0.15) is 31.5 Å². The number of pyridine rings is 1. The summed E-state index contributed by atoms with van der Waals surface area (Å²) in [6.45, 7) is 4.92. The molecule has 4 nitrogen and oxygen atoms in total. The molecule has 2 heterocycles. The molecule has 0 saturated carbocycles. The van der Waals surface area contributed by atoms with Crippen LogP contribution in [0.25, 0.3) is 11.2 Å². The van der Waals surface area contributed by atoms with E-state index < -0.39 is 0 Å². The Bertz CT molecular complexity index is 880. The predicted octanol–water partition coefficient (Wildman–Crippen LogP) is 3.85. The van der Waals surface area contributed by atoms with Crippen molar-refractivity contribution in [3.63, 3.8) is 0 Å². The van der Waals surface area contributed by atoms with Gasteiger partial charge in [0, 0.05) is 11.8 Å². The first kappa shape index (κ1) is 15.9. The molecule has 0 spiro atoms. The Balaban J connectivity index is 1.95. The molecule has 0 amide bonds. The van der Waals surface area contributed by atoms with E-state index in [1.54, 1.807) is 6.20 Å². The first-order valence-electron chi connectivity index (χ1n) is 8.05. The van der Waals surface area contributed by atoms with Crippen LogP contribution in [0.3, 0.4) is 0 Å². The molecule has 4 heteroatoms. The third kappa shape index (κ3) is 4.08. The molecular weight excluding hydrogens is 298 g/mol. The van der Waals surface area contributed by atoms with Crippen LogP contribution in [0.5, 0.6) is 5.88 Å². The van der Waals surface area contributed by atoms with Gasteiger partial charge in [0.1, 0.15) is 5.52 Å². The van der Waals surface area contributed by atoms with Gasteiger partial charge in [-0.2, -0.15) is 0 Å². The van der Waals surface area contributed by atoms with Crippen molar-refractivity contribution >= 4 is 11.2 Å². The number of hydrogen-bond acceptors (Lipinski definition) is 4. The van der Waals surface area contributed by atoms with Gasteiger partial charge < -0.3 is 4.74 Å². The molecule has 0 aliphatic carbocycles. The fourth-order valence-corrected chi connectivity index (χ4v) is 2.10. The molecule has 0 bridgehead atoms. The molecule has 2 aromatic heterocycles. The summed E-state index contributed by atoms with van der Waals surface area (Å²) in [4.78, 5) is 13.3. The standard InChI is InChI=1S/C20H19N3O/c1-15(2)12-14-24-20-18(11-10-16-7-4-3-5-8-16)22-19-17(23-20)9-6-13-21-19/h3-9,13,15H,12,14H2,1-2H3. The molecule has 0 aliphatic rings. The van der Waals surface area contributed by atoms with Gasteiger partial charge in [-0.3, -0.25) is 0 Å². The monoisotopic (exact) mass is 317 g/mol. The van der Waals surface area contributed by atoms with E-state index in [1.807, 2.05) is 42.5 Å². The fourth-order valence-electron chi connectivity index (χ4n) is 2.10. The van der Waals surface area contributed by atoms with Crippen molar-refractivity contribution in [1.82, 2.24) is 15.0 Å². The van der Waals surface area contributed by atoms with E-state index in [2.05, 4.69) is 40.6 Å². The number of aromatic nitrogens is 3. The molecule has 0 radical (unpaired) electrons. The zero-order valence-electron chi connectivity index (χ0n) is 13.9. The highest BCUT2D eigenvalue weighted by atomic mass is 16.5.